The van der Waals surface area contributed by atoms with E-state index >= 15 is 0 Å². The third-order valence-corrected chi connectivity index (χ3v) is 2.99. The summed E-state index contributed by atoms with van der Waals surface area (Å²) < 4.78 is 0. The van der Waals surface area contributed by atoms with Crippen molar-refractivity contribution in [3.05, 3.63) is 70.6 Å². The first-order valence-corrected chi connectivity index (χ1v) is 6.31. The van der Waals surface area contributed by atoms with Gasteiger partial charge in [0.2, 0.25) is 0 Å². The van der Waals surface area contributed by atoms with Crippen molar-refractivity contribution in [2.24, 2.45) is 0 Å². The zero-order chi connectivity index (χ0) is 11.9. The number of allylic oxidation sites excluding steroid dienone is 1. The highest BCUT2D eigenvalue weighted by atomic mass is 32.1. The molecule has 1 heterocycles. The van der Waals surface area contributed by atoms with Gasteiger partial charge in [0.1, 0.15) is 0 Å². The van der Waals surface area contributed by atoms with Gasteiger partial charge in [0.25, 0.3) is 0 Å². The number of carbonyl (C=O) groups is 1. The van der Waals surface area contributed by atoms with E-state index in [0.717, 1.165) is 12.1 Å². The van der Waals surface area contributed by atoms with E-state index in [2.05, 4.69) is 5.32 Å². The van der Waals surface area contributed by atoms with E-state index in [1.165, 1.54) is 16.9 Å². The Balaban J connectivity index is 1.81. The van der Waals surface area contributed by atoms with E-state index in [1.54, 1.807) is 12.3 Å². The van der Waals surface area contributed by atoms with Gasteiger partial charge in [0.05, 0.1) is 0 Å². The monoisotopic (exact) mass is 243 g/mol. The number of ketones is 1. The second-order valence-corrected chi connectivity index (χ2v) is 4.36. The van der Waals surface area contributed by atoms with E-state index in [1.807, 2.05) is 47.2 Å². The number of hydrogen-bond donors (Lipinski definition) is 1. The lowest BCUT2D eigenvalue weighted by atomic mass is 10.2. The topological polar surface area (TPSA) is 29.1 Å². The highest BCUT2D eigenvalue weighted by Gasteiger charge is 1.99. The minimum Gasteiger partial charge on any atom is -0.387 e. The van der Waals surface area contributed by atoms with Crippen LogP contribution in [-0.4, -0.2) is 5.78 Å². The standard InChI is InChI=1S/C14H13NOS/c16-14(13-7-9-17-11-13)6-8-15-10-12-4-2-1-3-5-12/h1-9,11,15H,10H2/b8-6-. The van der Waals surface area contributed by atoms with Crippen LogP contribution in [0, 0.1) is 0 Å². The van der Waals surface area contributed by atoms with Gasteiger partial charge >= 0.3 is 0 Å². The Morgan fingerprint density at radius 1 is 1.24 bits per heavy atom. The average Bonchev–Trinajstić information content (AvgIpc) is 2.89. The zero-order valence-electron chi connectivity index (χ0n) is 9.30. The Morgan fingerprint density at radius 2 is 2.06 bits per heavy atom. The van der Waals surface area contributed by atoms with Crippen LogP contribution in [0.15, 0.2) is 59.4 Å². The minimum atomic E-state index is 0.0341. The predicted molar refractivity (Wildman–Crippen MR) is 71.1 cm³/mol. The molecular weight excluding hydrogens is 230 g/mol. The molecule has 0 aliphatic heterocycles. The first kappa shape index (κ1) is 11.6. The van der Waals surface area contributed by atoms with Crippen LogP contribution >= 0.6 is 11.3 Å². The van der Waals surface area contributed by atoms with Crippen LogP contribution in [0.25, 0.3) is 0 Å². The van der Waals surface area contributed by atoms with Crippen LogP contribution in [0.2, 0.25) is 0 Å². The molecule has 1 aromatic heterocycles. The van der Waals surface area contributed by atoms with Gasteiger partial charge in [-0.25, -0.2) is 0 Å². The number of rotatable bonds is 5. The first-order chi connectivity index (χ1) is 8.36. The Morgan fingerprint density at radius 3 is 2.76 bits per heavy atom. The highest BCUT2D eigenvalue weighted by molar-refractivity contribution is 7.08. The summed E-state index contributed by atoms with van der Waals surface area (Å²) in [5.41, 5.74) is 1.94. The maximum atomic E-state index is 11.6. The fourth-order valence-electron chi connectivity index (χ4n) is 1.41. The summed E-state index contributed by atoms with van der Waals surface area (Å²) in [6.07, 6.45) is 3.26. The number of carbonyl (C=O) groups excluding carboxylic acids is 1. The fraction of sp³-hybridized carbons (Fsp3) is 0.0714. The van der Waals surface area contributed by atoms with Crippen molar-refractivity contribution in [1.82, 2.24) is 5.32 Å². The second-order valence-electron chi connectivity index (χ2n) is 3.58. The Bertz CT molecular complexity index is 488. The van der Waals surface area contributed by atoms with Crippen LogP contribution in [-0.2, 0) is 6.54 Å². The minimum absolute atomic E-state index is 0.0341. The maximum Gasteiger partial charge on any atom is 0.188 e. The van der Waals surface area contributed by atoms with E-state index in [-0.39, 0.29) is 5.78 Å². The lowest BCUT2D eigenvalue weighted by Gasteiger charge is -1.99. The molecule has 0 spiro atoms. The molecule has 0 aliphatic carbocycles. The normalized spacial score (nSPS) is 10.6. The molecule has 0 unspecified atom stereocenters. The average molecular weight is 243 g/mol. The molecule has 0 aliphatic rings. The molecule has 0 amide bonds. The summed E-state index contributed by atoms with van der Waals surface area (Å²) in [5, 5.41) is 6.85. The third kappa shape index (κ3) is 3.57. The van der Waals surface area contributed by atoms with Crippen molar-refractivity contribution >= 4 is 17.1 Å². The molecule has 0 atom stereocenters. The lowest BCUT2D eigenvalue weighted by Crippen LogP contribution is -2.05. The summed E-state index contributed by atoms with van der Waals surface area (Å²) in [6.45, 7) is 0.730. The van der Waals surface area contributed by atoms with E-state index in [9.17, 15) is 4.79 Å². The smallest absolute Gasteiger partial charge is 0.188 e. The van der Waals surface area contributed by atoms with E-state index < -0.39 is 0 Å². The van der Waals surface area contributed by atoms with Gasteiger partial charge in [-0.15, -0.1) is 0 Å². The molecule has 1 aromatic carbocycles. The highest BCUT2D eigenvalue weighted by Crippen LogP contribution is 2.07. The first-order valence-electron chi connectivity index (χ1n) is 5.36. The molecule has 2 rings (SSSR count). The largest absolute Gasteiger partial charge is 0.387 e. The van der Waals surface area contributed by atoms with Crippen molar-refractivity contribution in [1.29, 1.82) is 0 Å². The maximum absolute atomic E-state index is 11.6. The van der Waals surface area contributed by atoms with Crippen LogP contribution < -0.4 is 5.32 Å². The van der Waals surface area contributed by atoms with Crippen molar-refractivity contribution in [2.45, 2.75) is 6.54 Å². The molecule has 2 nitrogen and oxygen atoms in total. The molecular formula is C14H13NOS. The van der Waals surface area contributed by atoms with Gasteiger partial charge < -0.3 is 5.32 Å². The summed E-state index contributed by atoms with van der Waals surface area (Å²) in [4.78, 5) is 11.6. The predicted octanol–water partition coefficient (Wildman–Crippen LogP) is 3.23. The van der Waals surface area contributed by atoms with E-state index in [0.29, 0.717) is 0 Å². The number of nitrogens with one attached hydrogen (secondary N) is 1. The van der Waals surface area contributed by atoms with Crippen molar-refractivity contribution in [3.8, 4) is 0 Å². The van der Waals surface area contributed by atoms with Crippen molar-refractivity contribution < 1.29 is 4.79 Å². The summed E-state index contributed by atoms with van der Waals surface area (Å²) in [7, 11) is 0. The SMILES string of the molecule is O=C(/C=C\NCc1ccccc1)c1ccsc1. The molecule has 0 saturated heterocycles. The van der Waals surface area contributed by atoms with Crippen LogP contribution in [0.1, 0.15) is 15.9 Å². The Labute approximate surface area is 105 Å². The molecule has 1 N–H and O–H groups in total. The Kier molecular flexibility index (Phi) is 4.11. The molecule has 0 bridgehead atoms. The molecule has 17 heavy (non-hydrogen) atoms. The lowest BCUT2D eigenvalue weighted by molar-refractivity contribution is 0.104. The van der Waals surface area contributed by atoms with Crippen molar-refractivity contribution in [2.75, 3.05) is 0 Å². The molecule has 2 aromatic rings. The van der Waals surface area contributed by atoms with Crippen molar-refractivity contribution in [3.63, 3.8) is 0 Å². The number of hydrogen-bond acceptors (Lipinski definition) is 3. The summed E-state index contributed by atoms with van der Waals surface area (Å²) in [6, 6.07) is 11.9. The molecule has 0 fully saturated rings. The fourth-order valence-corrected chi connectivity index (χ4v) is 2.05. The third-order valence-electron chi connectivity index (χ3n) is 2.31. The van der Waals surface area contributed by atoms with E-state index in [4.69, 9.17) is 0 Å². The van der Waals surface area contributed by atoms with Gasteiger partial charge in [0.15, 0.2) is 5.78 Å². The summed E-state index contributed by atoms with van der Waals surface area (Å²) >= 11 is 1.53. The van der Waals surface area contributed by atoms with Crippen LogP contribution in [0.5, 0.6) is 0 Å². The quantitative estimate of drug-likeness (QED) is 0.645. The van der Waals surface area contributed by atoms with Gasteiger partial charge in [0, 0.05) is 29.8 Å². The second kappa shape index (κ2) is 6.01. The van der Waals surface area contributed by atoms with Gasteiger partial charge in [-0.1, -0.05) is 30.3 Å². The van der Waals surface area contributed by atoms with Gasteiger partial charge in [-0.3, -0.25) is 4.79 Å². The molecule has 0 saturated carbocycles. The zero-order valence-corrected chi connectivity index (χ0v) is 10.1. The van der Waals surface area contributed by atoms with Crippen LogP contribution in [0.4, 0.5) is 0 Å². The molecule has 0 radical (unpaired) electrons. The van der Waals surface area contributed by atoms with Crippen LogP contribution in [0.3, 0.4) is 0 Å². The summed E-state index contributed by atoms with van der Waals surface area (Å²) in [5.74, 6) is 0.0341. The molecule has 86 valence electrons. The molecule has 3 heteroatoms. The Hall–Kier alpha value is -1.87. The van der Waals surface area contributed by atoms with Gasteiger partial charge in [-0.05, 0) is 17.0 Å². The van der Waals surface area contributed by atoms with Gasteiger partial charge in [-0.2, -0.15) is 11.3 Å². The number of thiophene rings is 1. The number of benzene rings is 1.